The van der Waals surface area contributed by atoms with Crippen LogP contribution in [0.3, 0.4) is 0 Å². The normalized spacial score (nSPS) is 32.5. The number of nitrogens with two attached hydrogens (primary N) is 1. The Labute approximate surface area is 179 Å². The molecule has 2 heterocycles. The van der Waals surface area contributed by atoms with E-state index in [2.05, 4.69) is 24.7 Å². The Hall–Kier alpha value is -1.06. The van der Waals surface area contributed by atoms with Gasteiger partial charge in [-0.1, -0.05) is 6.58 Å². The number of aliphatic imine (C=N–C) groups is 1. The van der Waals surface area contributed by atoms with Crippen LogP contribution in [0.2, 0.25) is 0 Å². The summed E-state index contributed by atoms with van der Waals surface area (Å²) >= 11 is 0. The summed E-state index contributed by atoms with van der Waals surface area (Å²) < 4.78 is 78.3. The second kappa shape index (κ2) is 9.66. The number of rotatable bonds is 10. The molecule has 2 rings (SSSR count). The Bertz CT molecular complexity index is 943. The van der Waals surface area contributed by atoms with Gasteiger partial charge in [-0.25, -0.2) is 23.1 Å². The quantitative estimate of drug-likeness (QED) is 0.205. The molecule has 0 aromatic carbocycles. The molecule has 6 atom stereocenters. The van der Waals surface area contributed by atoms with Gasteiger partial charge in [-0.05, 0) is 6.08 Å². The van der Waals surface area contributed by atoms with Crippen molar-refractivity contribution in [2.75, 3.05) is 20.0 Å². The minimum Gasteiger partial charge on any atom is -0.389 e. The third kappa shape index (κ3) is 6.50. The van der Waals surface area contributed by atoms with E-state index in [0.29, 0.717) is 0 Å². The van der Waals surface area contributed by atoms with E-state index in [-0.39, 0.29) is 11.7 Å². The summed E-state index contributed by atoms with van der Waals surface area (Å²) in [7, 11) is -17.1. The zero-order valence-electron chi connectivity index (χ0n) is 15.9. The summed E-state index contributed by atoms with van der Waals surface area (Å²) in [6.45, 7) is -0.594. The van der Waals surface area contributed by atoms with E-state index in [1.54, 1.807) is 0 Å². The lowest BCUT2D eigenvalue weighted by Crippen LogP contribution is -2.48. The van der Waals surface area contributed by atoms with E-state index in [1.807, 2.05) is 0 Å². The van der Waals surface area contributed by atoms with Gasteiger partial charge >= 0.3 is 23.5 Å². The number of halogens is 2. The van der Waals surface area contributed by atoms with Gasteiger partial charge in [0.1, 0.15) is 30.2 Å². The van der Waals surface area contributed by atoms with Crippen molar-refractivity contribution in [1.82, 2.24) is 4.90 Å². The average Bonchev–Trinajstić information content (AvgIpc) is 2.89. The van der Waals surface area contributed by atoms with Crippen LogP contribution < -0.4 is 5.73 Å². The molecule has 2 aliphatic rings. The summed E-state index contributed by atoms with van der Waals surface area (Å²) in [6.07, 6.45) is -0.849. The van der Waals surface area contributed by atoms with Gasteiger partial charge in [0.15, 0.2) is 0 Å². The maximum absolute atomic E-state index is 13.9. The first-order valence-electron chi connectivity index (χ1n) is 8.30. The van der Waals surface area contributed by atoms with Crippen LogP contribution in [-0.4, -0.2) is 73.3 Å². The maximum atomic E-state index is 13.9. The minimum atomic E-state index is -5.82. The molecule has 0 aliphatic carbocycles. The molecular formula is C12H20F2N3O12P3. The number of alkyl halides is 2. The van der Waals surface area contributed by atoms with Gasteiger partial charge in [-0.2, -0.15) is 8.62 Å². The summed E-state index contributed by atoms with van der Waals surface area (Å²) in [5, 5.41) is 10.5. The van der Waals surface area contributed by atoms with Crippen LogP contribution in [0.25, 0.3) is 0 Å². The van der Waals surface area contributed by atoms with Gasteiger partial charge in [0, 0.05) is 6.20 Å². The highest BCUT2D eigenvalue weighted by Crippen LogP contribution is 2.66. The van der Waals surface area contributed by atoms with Gasteiger partial charge in [0.25, 0.3) is 0 Å². The van der Waals surface area contributed by atoms with E-state index in [1.165, 1.54) is 12.3 Å². The topological polar surface area (TPSA) is 231 Å². The van der Waals surface area contributed by atoms with Crippen LogP contribution in [0, 0.1) is 5.92 Å². The molecule has 0 amide bonds. The van der Waals surface area contributed by atoms with Crippen LogP contribution in [0.1, 0.15) is 0 Å². The molecular weight excluding hydrogens is 509 g/mol. The molecule has 0 spiro atoms. The smallest absolute Gasteiger partial charge is 0.389 e. The largest absolute Gasteiger partial charge is 0.490 e. The lowest BCUT2D eigenvalue weighted by Gasteiger charge is -2.33. The molecule has 0 aromatic rings. The minimum absolute atomic E-state index is 0.0472. The number of aliphatic hydroxyl groups excluding tert-OH is 1. The Morgan fingerprint density at radius 2 is 1.84 bits per heavy atom. The van der Waals surface area contributed by atoms with Crippen LogP contribution in [0.4, 0.5) is 8.78 Å². The summed E-state index contributed by atoms with van der Waals surface area (Å²) in [6, 6.07) is 0. The molecule has 0 saturated carbocycles. The van der Waals surface area contributed by atoms with Crippen molar-refractivity contribution in [3.63, 3.8) is 0 Å². The molecule has 1 saturated heterocycles. The first-order valence-corrected chi connectivity index (χ1v) is 12.8. The predicted molar refractivity (Wildman–Crippen MR) is 101 cm³/mol. The van der Waals surface area contributed by atoms with Crippen molar-refractivity contribution < 1.29 is 65.0 Å². The van der Waals surface area contributed by atoms with Gasteiger partial charge < -0.3 is 40.1 Å². The van der Waals surface area contributed by atoms with Crippen LogP contribution in [-0.2, 0) is 31.6 Å². The van der Waals surface area contributed by atoms with E-state index in [9.17, 15) is 32.5 Å². The molecule has 7 N–H and O–H groups in total. The maximum Gasteiger partial charge on any atom is 0.490 e. The Morgan fingerprint density at radius 1 is 1.22 bits per heavy atom. The predicted octanol–water partition coefficient (Wildman–Crippen LogP) is -0.00140. The number of ether oxygens (including phenoxy) is 1. The van der Waals surface area contributed by atoms with Gasteiger partial charge in [0.05, 0.1) is 25.3 Å². The molecule has 2 unspecified atom stereocenters. The third-order valence-electron chi connectivity index (χ3n) is 4.19. The molecule has 0 radical (unpaired) electrons. The Balaban J connectivity index is 2.19. The zero-order chi connectivity index (χ0) is 24.5. The molecule has 20 heteroatoms. The number of phosphoric ester groups is 1. The van der Waals surface area contributed by atoms with E-state index in [0.717, 1.165) is 4.90 Å². The third-order valence-corrected chi connectivity index (χ3v) is 7.98. The lowest BCUT2D eigenvalue weighted by atomic mass is 9.91. The lowest BCUT2D eigenvalue weighted by molar-refractivity contribution is -0.140. The fourth-order valence-corrected chi connectivity index (χ4v) is 5.92. The van der Waals surface area contributed by atoms with Crippen molar-refractivity contribution in [1.29, 1.82) is 0 Å². The summed E-state index contributed by atoms with van der Waals surface area (Å²) in [5.74, 6) is -1.44. The van der Waals surface area contributed by atoms with Gasteiger partial charge in [-0.3, -0.25) is 8.91 Å². The fraction of sp³-hybridized carbons (Fsp3) is 0.583. The summed E-state index contributed by atoms with van der Waals surface area (Å²) in [5.41, 5.74) is 3.04. The number of nitrogens with zero attached hydrogens (tertiary/aromatic N) is 2. The summed E-state index contributed by atoms with van der Waals surface area (Å²) in [4.78, 5) is 40.7. The number of amidine groups is 1. The van der Waals surface area contributed by atoms with Crippen molar-refractivity contribution in [3.05, 3.63) is 24.7 Å². The van der Waals surface area contributed by atoms with Crippen molar-refractivity contribution >= 4 is 29.3 Å². The molecule has 32 heavy (non-hydrogen) atoms. The highest BCUT2D eigenvalue weighted by atomic mass is 31.3. The van der Waals surface area contributed by atoms with Crippen LogP contribution in [0.15, 0.2) is 29.7 Å². The second-order valence-corrected chi connectivity index (χ2v) is 10.9. The first kappa shape index (κ1) is 27.2. The molecule has 2 aliphatic heterocycles. The van der Waals surface area contributed by atoms with Crippen LogP contribution in [0.5, 0.6) is 0 Å². The Morgan fingerprint density at radius 3 is 2.34 bits per heavy atom. The number of phosphoric acid groups is 3. The van der Waals surface area contributed by atoms with E-state index >= 15 is 0 Å². The fourth-order valence-electron chi connectivity index (χ4n) is 2.85. The van der Waals surface area contributed by atoms with E-state index in [4.69, 9.17) is 25.2 Å². The monoisotopic (exact) mass is 529 g/mol. The van der Waals surface area contributed by atoms with Crippen molar-refractivity contribution in [2.45, 2.75) is 17.9 Å². The molecule has 1 fully saturated rings. The standard InChI is InChI=1S/C12H20F2N3O12P3/c1-7-16-9(15)2-3-17(7)11-8(4-13)10(18)12(5-14,27-11)6-26-31(22,23)29-32(24,25)28-30(19,20)21/h2-3,8,10-11,18H,1,4-6H2,(H2,15,16)(H,22,23)(H,24,25)(H2,19,20,21)/t8-,10-,11+,12+/m0/s1. The molecule has 15 nitrogen and oxygen atoms in total. The van der Waals surface area contributed by atoms with Crippen LogP contribution >= 0.6 is 23.5 Å². The number of hydrogen-bond acceptors (Lipinski definition) is 11. The average molecular weight is 529 g/mol. The van der Waals surface area contributed by atoms with Crippen molar-refractivity contribution in [2.24, 2.45) is 16.6 Å². The van der Waals surface area contributed by atoms with Gasteiger partial charge in [-0.15, -0.1) is 0 Å². The highest BCUT2D eigenvalue weighted by Gasteiger charge is 2.58. The van der Waals surface area contributed by atoms with Gasteiger partial charge in [0.2, 0.25) is 0 Å². The number of hydrogen-bond donors (Lipinski definition) is 6. The number of aliphatic hydroxyl groups is 1. The molecule has 0 aromatic heterocycles. The zero-order valence-corrected chi connectivity index (χ0v) is 18.6. The SMILES string of the molecule is C=C1N=C(N)C=CN1[C@@H]1O[C@](CF)(COP(=O)(O)OP(=O)(O)OP(=O)(O)O)[C@@H](O)[C@@H]1CF. The first-order chi connectivity index (χ1) is 14.5. The molecule has 0 bridgehead atoms. The van der Waals surface area contributed by atoms with E-state index < -0.39 is 67.3 Å². The van der Waals surface area contributed by atoms with Crippen molar-refractivity contribution in [3.8, 4) is 0 Å². The highest BCUT2D eigenvalue weighted by molar-refractivity contribution is 7.66. The second-order valence-electron chi connectivity index (χ2n) is 6.51. The molecule has 184 valence electrons. The Kier molecular flexibility index (Phi) is 8.21.